The molecule has 140 valence electrons. The predicted molar refractivity (Wildman–Crippen MR) is 115 cm³/mol. The number of aryl methyl sites for hydroxylation is 1. The summed E-state index contributed by atoms with van der Waals surface area (Å²) in [5, 5.41) is 10.5. The standard InChI is InChI=1S/C22H19ClN4S/c23-19-8-10-20(11-9-19)27-21(18-12-14-24-15-13-18)25-26-22(27)28-16-4-7-17-5-2-1-3-6-17/h1-3,5-6,8-15H,4,7,16H2. The van der Waals surface area contributed by atoms with E-state index in [-0.39, 0.29) is 0 Å². The van der Waals surface area contributed by atoms with Gasteiger partial charge in [-0.3, -0.25) is 9.55 Å². The van der Waals surface area contributed by atoms with E-state index in [1.165, 1.54) is 5.56 Å². The van der Waals surface area contributed by atoms with Gasteiger partial charge in [-0.25, -0.2) is 0 Å². The lowest BCUT2D eigenvalue weighted by molar-refractivity contribution is 0.875. The van der Waals surface area contributed by atoms with Crippen molar-refractivity contribution in [3.05, 3.63) is 89.7 Å². The Morgan fingerprint density at radius 2 is 1.61 bits per heavy atom. The number of hydrogen-bond acceptors (Lipinski definition) is 4. The molecule has 0 N–H and O–H groups in total. The zero-order valence-electron chi connectivity index (χ0n) is 15.2. The fourth-order valence-electron chi connectivity index (χ4n) is 2.96. The lowest BCUT2D eigenvalue weighted by Gasteiger charge is -2.10. The third kappa shape index (κ3) is 4.43. The van der Waals surface area contributed by atoms with Crippen LogP contribution in [0.5, 0.6) is 0 Å². The summed E-state index contributed by atoms with van der Waals surface area (Å²) >= 11 is 7.80. The van der Waals surface area contributed by atoms with Crippen LogP contribution in [0.2, 0.25) is 5.02 Å². The topological polar surface area (TPSA) is 43.6 Å². The Bertz CT molecular complexity index is 1020. The van der Waals surface area contributed by atoms with E-state index in [0.29, 0.717) is 5.02 Å². The quantitative estimate of drug-likeness (QED) is 0.291. The van der Waals surface area contributed by atoms with E-state index in [9.17, 15) is 0 Å². The van der Waals surface area contributed by atoms with Crippen molar-refractivity contribution in [2.75, 3.05) is 5.75 Å². The molecule has 4 rings (SSSR count). The van der Waals surface area contributed by atoms with Gasteiger partial charge in [-0.1, -0.05) is 53.7 Å². The van der Waals surface area contributed by atoms with Gasteiger partial charge in [-0.2, -0.15) is 0 Å². The number of nitrogens with zero attached hydrogens (tertiary/aromatic N) is 4. The molecule has 0 aliphatic rings. The fourth-order valence-corrected chi connectivity index (χ4v) is 3.98. The second-order valence-corrected chi connectivity index (χ2v) is 7.79. The molecule has 0 saturated heterocycles. The molecule has 2 heterocycles. The van der Waals surface area contributed by atoms with Gasteiger partial charge in [0.05, 0.1) is 0 Å². The van der Waals surface area contributed by atoms with Crippen molar-refractivity contribution < 1.29 is 0 Å². The summed E-state index contributed by atoms with van der Waals surface area (Å²) in [6.45, 7) is 0. The highest BCUT2D eigenvalue weighted by Gasteiger charge is 2.16. The SMILES string of the molecule is Clc1ccc(-n2c(SCCCc3ccccc3)nnc2-c2ccncc2)cc1. The van der Waals surface area contributed by atoms with Crippen molar-refractivity contribution in [1.29, 1.82) is 0 Å². The van der Waals surface area contributed by atoms with Gasteiger partial charge in [0, 0.05) is 34.4 Å². The van der Waals surface area contributed by atoms with Crippen LogP contribution in [0.1, 0.15) is 12.0 Å². The van der Waals surface area contributed by atoms with Gasteiger partial charge in [0.1, 0.15) is 0 Å². The molecule has 0 fully saturated rings. The highest BCUT2D eigenvalue weighted by atomic mass is 35.5. The number of pyridine rings is 1. The first-order chi connectivity index (χ1) is 13.8. The van der Waals surface area contributed by atoms with Crippen LogP contribution in [0.4, 0.5) is 0 Å². The lowest BCUT2D eigenvalue weighted by Crippen LogP contribution is -2.00. The molecule has 0 aliphatic carbocycles. The van der Waals surface area contributed by atoms with Gasteiger partial charge < -0.3 is 0 Å². The van der Waals surface area contributed by atoms with E-state index in [0.717, 1.165) is 40.8 Å². The Labute approximate surface area is 173 Å². The molecular weight excluding hydrogens is 388 g/mol. The van der Waals surface area contributed by atoms with E-state index in [1.807, 2.05) is 42.5 Å². The molecule has 0 atom stereocenters. The number of rotatable bonds is 7. The molecule has 0 bridgehead atoms. The monoisotopic (exact) mass is 406 g/mol. The van der Waals surface area contributed by atoms with E-state index < -0.39 is 0 Å². The van der Waals surface area contributed by atoms with Gasteiger partial charge in [-0.15, -0.1) is 10.2 Å². The largest absolute Gasteiger partial charge is 0.270 e. The van der Waals surface area contributed by atoms with Crippen LogP contribution >= 0.6 is 23.4 Å². The zero-order chi connectivity index (χ0) is 19.2. The average molecular weight is 407 g/mol. The van der Waals surface area contributed by atoms with Crippen molar-refractivity contribution >= 4 is 23.4 Å². The van der Waals surface area contributed by atoms with Crippen LogP contribution < -0.4 is 0 Å². The molecule has 0 unspecified atom stereocenters. The first kappa shape index (κ1) is 18.7. The lowest BCUT2D eigenvalue weighted by atomic mass is 10.1. The molecule has 0 amide bonds. The molecule has 2 aromatic carbocycles. The van der Waals surface area contributed by atoms with Crippen LogP contribution in [0.15, 0.2) is 84.3 Å². The molecular formula is C22H19ClN4S. The summed E-state index contributed by atoms with van der Waals surface area (Å²) in [5.41, 5.74) is 3.33. The second-order valence-electron chi connectivity index (χ2n) is 6.29. The number of thioether (sulfide) groups is 1. The van der Waals surface area contributed by atoms with Gasteiger partial charge in [0.15, 0.2) is 11.0 Å². The molecule has 0 radical (unpaired) electrons. The minimum Gasteiger partial charge on any atom is -0.270 e. The summed E-state index contributed by atoms with van der Waals surface area (Å²) in [7, 11) is 0. The Morgan fingerprint density at radius 3 is 2.36 bits per heavy atom. The molecule has 28 heavy (non-hydrogen) atoms. The summed E-state index contributed by atoms with van der Waals surface area (Å²) in [6.07, 6.45) is 5.67. The summed E-state index contributed by atoms with van der Waals surface area (Å²) < 4.78 is 2.08. The van der Waals surface area contributed by atoms with Crippen molar-refractivity contribution in [2.24, 2.45) is 0 Å². The number of halogens is 1. The highest BCUT2D eigenvalue weighted by molar-refractivity contribution is 7.99. The number of aromatic nitrogens is 4. The minimum absolute atomic E-state index is 0.708. The van der Waals surface area contributed by atoms with E-state index >= 15 is 0 Å². The third-order valence-electron chi connectivity index (χ3n) is 4.34. The fraction of sp³-hybridized carbons (Fsp3) is 0.136. The maximum absolute atomic E-state index is 6.08. The van der Waals surface area contributed by atoms with Crippen molar-refractivity contribution in [1.82, 2.24) is 19.7 Å². The second kappa shape index (κ2) is 9.04. The zero-order valence-corrected chi connectivity index (χ0v) is 16.8. The minimum atomic E-state index is 0.708. The van der Waals surface area contributed by atoms with E-state index in [4.69, 9.17) is 11.6 Å². The van der Waals surface area contributed by atoms with Crippen molar-refractivity contribution in [3.63, 3.8) is 0 Å². The Hall–Kier alpha value is -2.63. The van der Waals surface area contributed by atoms with Crippen molar-refractivity contribution in [3.8, 4) is 17.1 Å². The van der Waals surface area contributed by atoms with E-state index in [1.54, 1.807) is 24.2 Å². The third-order valence-corrected chi connectivity index (χ3v) is 5.61. The molecule has 4 nitrogen and oxygen atoms in total. The Morgan fingerprint density at radius 1 is 0.857 bits per heavy atom. The maximum atomic E-state index is 6.08. The van der Waals surface area contributed by atoms with Crippen LogP contribution in [-0.2, 0) is 6.42 Å². The van der Waals surface area contributed by atoms with Crippen LogP contribution in [0, 0.1) is 0 Å². The number of benzene rings is 2. The molecule has 6 heteroatoms. The Kier molecular flexibility index (Phi) is 6.04. The summed E-state index contributed by atoms with van der Waals surface area (Å²) in [4.78, 5) is 4.10. The van der Waals surface area contributed by atoms with E-state index in [2.05, 4.69) is 44.0 Å². The predicted octanol–water partition coefficient (Wildman–Crippen LogP) is 5.71. The molecule has 2 aromatic heterocycles. The Balaban J connectivity index is 1.56. The molecule has 4 aromatic rings. The van der Waals surface area contributed by atoms with Gasteiger partial charge >= 0.3 is 0 Å². The highest BCUT2D eigenvalue weighted by Crippen LogP contribution is 2.28. The van der Waals surface area contributed by atoms with Gasteiger partial charge in [-0.05, 0) is 54.8 Å². The maximum Gasteiger partial charge on any atom is 0.196 e. The average Bonchev–Trinajstić information content (AvgIpc) is 3.17. The normalized spacial score (nSPS) is 10.9. The smallest absolute Gasteiger partial charge is 0.196 e. The molecule has 0 aliphatic heterocycles. The summed E-state index contributed by atoms with van der Waals surface area (Å²) in [6, 6.07) is 22.2. The molecule has 0 saturated carbocycles. The first-order valence-electron chi connectivity index (χ1n) is 9.10. The van der Waals surface area contributed by atoms with Crippen molar-refractivity contribution in [2.45, 2.75) is 18.0 Å². The van der Waals surface area contributed by atoms with Gasteiger partial charge in [0.25, 0.3) is 0 Å². The van der Waals surface area contributed by atoms with Gasteiger partial charge in [0.2, 0.25) is 0 Å². The van der Waals surface area contributed by atoms with Crippen LogP contribution in [0.25, 0.3) is 17.1 Å². The molecule has 0 spiro atoms. The number of hydrogen-bond donors (Lipinski definition) is 0. The summed E-state index contributed by atoms with van der Waals surface area (Å²) in [5.74, 6) is 1.77. The first-order valence-corrected chi connectivity index (χ1v) is 10.5. The van der Waals surface area contributed by atoms with Crippen LogP contribution in [-0.4, -0.2) is 25.5 Å². The van der Waals surface area contributed by atoms with Crippen LogP contribution in [0.3, 0.4) is 0 Å².